The molecule has 54 heavy (non-hydrogen) atoms. The Morgan fingerprint density at radius 2 is 1.19 bits per heavy atom. The highest BCUT2D eigenvalue weighted by Gasteiger charge is 2.50. The van der Waals surface area contributed by atoms with Crippen molar-refractivity contribution in [2.75, 3.05) is 66.2 Å². The third kappa shape index (κ3) is 18.0. The number of nitrogens with zero attached hydrogens (tertiary/aromatic N) is 2. The average molecular weight is 757 g/mol. The molecule has 0 aromatic heterocycles. The van der Waals surface area contributed by atoms with Crippen LogP contribution in [0.4, 0.5) is 4.79 Å². The molecule has 5 aliphatic rings. The van der Waals surface area contributed by atoms with Gasteiger partial charge >= 0.3 is 18.1 Å². The first-order valence-electron chi connectivity index (χ1n) is 22.1. The Balaban J connectivity index is 1.07. The zero-order valence-electron chi connectivity index (χ0n) is 34.3. The lowest BCUT2D eigenvalue weighted by Gasteiger charge is -2.57. The summed E-state index contributed by atoms with van der Waals surface area (Å²) in [4.78, 5) is 42.4. The first-order valence-corrected chi connectivity index (χ1v) is 22.1. The van der Waals surface area contributed by atoms with E-state index in [0.717, 1.165) is 88.9 Å². The molecule has 1 heterocycles. The first-order chi connectivity index (χ1) is 26.3. The maximum Gasteiger partial charge on any atom is 0.508 e. The van der Waals surface area contributed by atoms with Gasteiger partial charge in [0.1, 0.15) is 26.4 Å². The maximum absolute atomic E-state index is 12.8. The summed E-state index contributed by atoms with van der Waals surface area (Å²) in [7, 11) is 2.11. The average Bonchev–Trinajstić information content (AvgIpc) is 3.14. The van der Waals surface area contributed by atoms with E-state index in [1.54, 1.807) is 0 Å². The number of likely N-dealkylation sites (N-methyl/N-ethyl adjacent to an activating group) is 1. The smallest absolute Gasteiger partial charge is 0.465 e. The van der Waals surface area contributed by atoms with Crippen LogP contribution in [0.15, 0.2) is 24.3 Å². The lowest BCUT2D eigenvalue weighted by Crippen LogP contribution is -2.45. The van der Waals surface area contributed by atoms with Gasteiger partial charge in [0.05, 0.1) is 5.92 Å². The first kappa shape index (κ1) is 44.3. The number of unbranched alkanes of at least 4 members (excludes halogenated alkanes) is 9. The maximum atomic E-state index is 12.8. The van der Waals surface area contributed by atoms with Crippen molar-refractivity contribution in [3.05, 3.63) is 24.3 Å². The number of hydrogen-bond donors (Lipinski definition) is 0. The number of rotatable bonds is 28. The van der Waals surface area contributed by atoms with Crippen LogP contribution in [0.2, 0.25) is 0 Å². The second-order valence-corrected chi connectivity index (χ2v) is 17.4. The van der Waals surface area contributed by atoms with Crippen LogP contribution in [-0.4, -0.2) is 94.1 Å². The molecule has 0 aromatic carbocycles. The summed E-state index contributed by atoms with van der Waals surface area (Å²) in [5.74, 6) is 1.79. The molecular weight excluding hydrogens is 681 g/mol. The fourth-order valence-electron chi connectivity index (χ4n) is 9.73. The topological polar surface area (TPSA) is 94.6 Å². The van der Waals surface area contributed by atoms with E-state index < -0.39 is 12.1 Å². The van der Waals surface area contributed by atoms with E-state index in [2.05, 4.69) is 48.1 Å². The van der Waals surface area contributed by atoms with Crippen LogP contribution in [-0.2, 0) is 28.5 Å². The monoisotopic (exact) mass is 757 g/mol. The lowest BCUT2D eigenvalue weighted by atomic mass is 9.48. The van der Waals surface area contributed by atoms with Gasteiger partial charge in [0.25, 0.3) is 0 Å². The van der Waals surface area contributed by atoms with Gasteiger partial charge in [0, 0.05) is 45.6 Å². The molecule has 0 amide bonds. The highest BCUT2D eigenvalue weighted by Crippen LogP contribution is 2.61. The molecule has 4 aliphatic carbocycles. The Kier molecular flexibility index (Phi) is 21.1. The minimum atomic E-state index is -0.747. The minimum absolute atomic E-state index is 0.0356. The molecule has 5 fully saturated rings. The largest absolute Gasteiger partial charge is 0.508 e. The fraction of sp³-hybridized carbons (Fsp3) is 0.844. The Hall–Kier alpha value is -2.39. The van der Waals surface area contributed by atoms with Crippen LogP contribution in [0.25, 0.3) is 0 Å². The predicted octanol–water partition coefficient (Wildman–Crippen LogP) is 9.68. The molecule has 4 bridgehead atoms. The molecule has 5 rings (SSSR count). The summed E-state index contributed by atoms with van der Waals surface area (Å²) in [6.07, 6.45) is 33.2. The van der Waals surface area contributed by atoms with Gasteiger partial charge in [-0.15, -0.1) is 0 Å². The van der Waals surface area contributed by atoms with E-state index in [1.165, 1.54) is 83.5 Å². The van der Waals surface area contributed by atoms with Crippen molar-refractivity contribution in [1.82, 2.24) is 9.80 Å². The van der Waals surface area contributed by atoms with Crippen molar-refractivity contribution in [3.8, 4) is 0 Å². The molecule has 0 radical (unpaired) electrons. The van der Waals surface area contributed by atoms with Crippen LogP contribution >= 0.6 is 0 Å². The number of carbonyl (C=O) groups excluding carboxylic acids is 3. The van der Waals surface area contributed by atoms with Crippen molar-refractivity contribution >= 4 is 18.1 Å². The molecule has 0 aromatic rings. The van der Waals surface area contributed by atoms with E-state index >= 15 is 0 Å². The number of hydrogen-bond acceptors (Lipinski definition) is 9. The van der Waals surface area contributed by atoms with Crippen LogP contribution in [0.5, 0.6) is 0 Å². The van der Waals surface area contributed by atoms with Gasteiger partial charge in [-0.1, -0.05) is 69.8 Å². The zero-order chi connectivity index (χ0) is 38.3. The van der Waals surface area contributed by atoms with Crippen LogP contribution in [0.1, 0.15) is 148 Å². The third-order valence-corrected chi connectivity index (χ3v) is 12.5. The summed E-state index contributed by atoms with van der Waals surface area (Å²) in [6, 6.07) is 0. The summed E-state index contributed by atoms with van der Waals surface area (Å²) < 4.78 is 22.0. The number of piperazine rings is 1. The summed E-state index contributed by atoms with van der Waals surface area (Å²) in [5.41, 5.74) is 0.451. The van der Waals surface area contributed by atoms with Gasteiger partial charge < -0.3 is 23.8 Å². The molecule has 1 unspecified atom stereocenters. The van der Waals surface area contributed by atoms with Crippen LogP contribution < -0.4 is 0 Å². The van der Waals surface area contributed by atoms with Crippen molar-refractivity contribution in [2.45, 2.75) is 148 Å². The number of ether oxygens (including phenoxy) is 4. The summed E-state index contributed by atoms with van der Waals surface area (Å²) >= 11 is 0. The highest BCUT2D eigenvalue weighted by molar-refractivity contribution is 5.69. The number of carbonyl (C=O) groups is 3. The summed E-state index contributed by atoms with van der Waals surface area (Å²) in [5, 5.41) is 0. The van der Waals surface area contributed by atoms with Gasteiger partial charge in [0.2, 0.25) is 0 Å². The predicted molar refractivity (Wildman–Crippen MR) is 215 cm³/mol. The van der Waals surface area contributed by atoms with Crippen LogP contribution in [0, 0.1) is 29.1 Å². The van der Waals surface area contributed by atoms with E-state index in [0.29, 0.717) is 24.8 Å². The van der Waals surface area contributed by atoms with Gasteiger partial charge in [-0.3, -0.25) is 14.5 Å². The standard InChI is InChI=1S/C45H76N2O7/c1-3-4-5-6-7-8-9-10-11-12-13-14-15-16-17-18-20-42(48)52-35-41(37-54-44(50)51-28-27-47-25-23-46(2)24-26-47)36-53-43(49)21-19-22-45-32-38-29-39(33-45)31-40(30-38)34-45/h7-8,10-11,38-41H,3-6,9,12-37H2,1-2H3/b8-7-,11-10-. The van der Waals surface area contributed by atoms with Gasteiger partial charge in [-0.25, -0.2) is 4.79 Å². The number of esters is 2. The van der Waals surface area contributed by atoms with Gasteiger partial charge in [0.15, 0.2) is 0 Å². The second kappa shape index (κ2) is 25.7. The van der Waals surface area contributed by atoms with Gasteiger partial charge in [-0.2, -0.15) is 0 Å². The van der Waals surface area contributed by atoms with Crippen molar-refractivity contribution in [3.63, 3.8) is 0 Å². The molecule has 9 nitrogen and oxygen atoms in total. The third-order valence-electron chi connectivity index (χ3n) is 12.5. The molecule has 9 heteroatoms. The van der Waals surface area contributed by atoms with Crippen molar-refractivity contribution in [2.24, 2.45) is 29.1 Å². The molecule has 1 atom stereocenters. The Morgan fingerprint density at radius 1 is 0.648 bits per heavy atom. The summed E-state index contributed by atoms with van der Waals surface area (Å²) in [6.45, 7) is 7.12. The molecule has 1 aliphatic heterocycles. The van der Waals surface area contributed by atoms with E-state index in [-0.39, 0.29) is 38.4 Å². The van der Waals surface area contributed by atoms with Crippen molar-refractivity contribution in [1.29, 1.82) is 0 Å². The quantitative estimate of drug-likeness (QED) is 0.0335. The molecule has 308 valence electrons. The number of allylic oxidation sites excluding steroid dienone is 4. The second-order valence-electron chi connectivity index (χ2n) is 17.4. The van der Waals surface area contributed by atoms with Crippen molar-refractivity contribution < 1.29 is 33.3 Å². The zero-order valence-corrected chi connectivity index (χ0v) is 34.3. The fourth-order valence-corrected chi connectivity index (χ4v) is 9.73. The molecule has 0 N–H and O–H groups in total. The molecule has 4 saturated carbocycles. The SMILES string of the molecule is CCCCC/C=C\C/C=C\CCCCCCCCC(=O)OCC(COC(=O)CCCC12CC3CC(CC(C3)C1)C2)COC(=O)OCCN1CCN(C)CC1. The molecular formula is C45H76N2O7. The lowest BCUT2D eigenvalue weighted by molar-refractivity contribution is -0.150. The van der Waals surface area contributed by atoms with E-state index in [1.807, 2.05) is 0 Å². The molecule has 0 spiro atoms. The van der Waals surface area contributed by atoms with E-state index in [4.69, 9.17) is 18.9 Å². The molecule has 1 saturated heterocycles. The highest BCUT2D eigenvalue weighted by atomic mass is 16.7. The Morgan fingerprint density at radius 3 is 1.80 bits per heavy atom. The Bertz CT molecular complexity index is 1100. The van der Waals surface area contributed by atoms with Gasteiger partial charge in [-0.05, 0) is 120 Å². The van der Waals surface area contributed by atoms with Crippen LogP contribution in [0.3, 0.4) is 0 Å². The normalized spacial score (nSPS) is 24.7. The minimum Gasteiger partial charge on any atom is -0.465 e. The Labute approximate surface area is 328 Å². The van der Waals surface area contributed by atoms with E-state index in [9.17, 15) is 14.4 Å².